The van der Waals surface area contributed by atoms with E-state index < -0.39 is 0 Å². The van der Waals surface area contributed by atoms with Crippen molar-refractivity contribution < 1.29 is 0 Å². The summed E-state index contributed by atoms with van der Waals surface area (Å²) < 4.78 is 0. The number of unbranched alkanes of at least 4 members (excludes halogenated alkanes) is 9. The van der Waals surface area contributed by atoms with Gasteiger partial charge < -0.3 is 0 Å². The van der Waals surface area contributed by atoms with E-state index in [4.69, 9.17) is 0 Å². The monoisotopic (exact) mass is 344 g/mol. The van der Waals surface area contributed by atoms with Gasteiger partial charge in [0.1, 0.15) is 0 Å². The summed E-state index contributed by atoms with van der Waals surface area (Å²) in [5.74, 6) is 0.822. The van der Waals surface area contributed by atoms with Crippen molar-refractivity contribution in [2.24, 2.45) is 5.92 Å². The third kappa shape index (κ3) is 8.93. The summed E-state index contributed by atoms with van der Waals surface area (Å²) in [6.07, 6.45) is 18.3. The first kappa shape index (κ1) is 22.3. The molecule has 0 aliphatic carbocycles. The van der Waals surface area contributed by atoms with Crippen LogP contribution in [0, 0.1) is 5.92 Å². The van der Waals surface area contributed by atoms with Crippen molar-refractivity contribution in [3.8, 4) is 0 Å². The summed E-state index contributed by atoms with van der Waals surface area (Å²) in [6.45, 7) is 9.57. The Bertz CT molecular complexity index is 403. The lowest BCUT2D eigenvalue weighted by Gasteiger charge is -2.35. The van der Waals surface area contributed by atoms with Crippen molar-refractivity contribution in [1.82, 2.24) is 0 Å². The molecule has 1 unspecified atom stereocenters. The zero-order chi connectivity index (χ0) is 18.4. The smallest absolute Gasteiger partial charge is 0.00753 e. The SMILES string of the molecule is CCCCCCCCCC(CCCCCC)C(C)(C)c1ccccc1. The van der Waals surface area contributed by atoms with Crippen LogP contribution in [0.3, 0.4) is 0 Å². The molecule has 0 saturated heterocycles. The molecule has 1 rings (SSSR count). The maximum absolute atomic E-state index is 2.48. The number of rotatable bonds is 15. The number of hydrogen-bond acceptors (Lipinski definition) is 0. The van der Waals surface area contributed by atoms with Crippen LogP contribution < -0.4 is 0 Å². The van der Waals surface area contributed by atoms with Gasteiger partial charge in [0, 0.05) is 0 Å². The normalized spacial score (nSPS) is 13.1. The van der Waals surface area contributed by atoms with E-state index in [0.717, 1.165) is 5.92 Å². The fourth-order valence-electron chi connectivity index (χ4n) is 4.13. The van der Waals surface area contributed by atoms with E-state index in [1.165, 1.54) is 89.0 Å². The molecule has 0 heterocycles. The van der Waals surface area contributed by atoms with Crippen LogP contribution in [0.1, 0.15) is 117 Å². The maximum Gasteiger partial charge on any atom is -0.00753 e. The highest BCUT2D eigenvalue weighted by molar-refractivity contribution is 5.24. The van der Waals surface area contributed by atoms with E-state index in [0.29, 0.717) is 5.41 Å². The molecule has 0 fully saturated rings. The van der Waals surface area contributed by atoms with Crippen molar-refractivity contribution >= 4 is 0 Å². The Morgan fingerprint density at radius 1 is 0.640 bits per heavy atom. The van der Waals surface area contributed by atoms with Crippen molar-refractivity contribution in [2.45, 2.75) is 117 Å². The lowest BCUT2D eigenvalue weighted by atomic mass is 9.69. The molecular formula is C25H44. The highest BCUT2D eigenvalue weighted by Gasteiger charge is 2.30. The Morgan fingerprint density at radius 3 is 1.60 bits per heavy atom. The Kier molecular flexibility index (Phi) is 12.0. The van der Waals surface area contributed by atoms with E-state index >= 15 is 0 Å². The van der Waals surface area contributed by atoms with Gasteiger partial charge >= 0.3 is 0 Å². The minimum absolute atomic E-state index is 0.301. The molecule has 0 aliphatic heterocycles. The largest absolute Gasteiger partial charge is 0.0654 e. The molecule has 0 nitrogen and oxygen atoms in total. The summed E-state index contributed by atoms with van der Waals surface area (Å²) >= 11 is 0. The van der Waals surface area contributed by atoms with Gasteiger partial charge in [0.25, 0.3) is 0 Å². The standard InChI is InChI=1S/C25H44/c1-5-7-9-11-12-13-16-20-23(19-15-10-8-6-2)25(3,4)24-21-17-14-18-22-24/h14,17-18,21-23H,5-13,15-16,19-20H2,1-4H3. The third-order valence-electron chi connectivity index (χ3n) is 6.10. The molecular weight excluding hydrogens is 300 g/mol. The van der Waals surface area contributed by atoms with Gasteiger partial charge in [-0.2, -0.15) is 0 Å². The average molecular weight is 345 g/mol. The molecule has 0 spiro atoms. The van der Waals surface area contributed by atoms with Crippen LogP contribution in [0.2, 0.25) is 0 Å². The van der Waals surface area contributed by atoms with Gasteiger partial charge in [-0.1, -0.05) is 129 Å². The first-order valence-corrected chi connectivity index (χ1v) is 11.2. The lowest BCUT2D eigenvalue weighted by molar-refractivity contribution is 0.263. The van der Waals surface area contributed by atoms with Gasteiger partial charge in [0.2, 0.25) is 0 Å². The van der Waals surface area contributed by atoms with Crippen molar-refractivity contribution in [3.63, 3.8) is 0 Å². The van der Waals surface area contributed by atoms with Crippen LogP contribution in [-0.4, -0.2) is 0 Å². The molecule has 1 aromatic carbocycles. The van der Waals surface area contributed by atoms with Crippen molar-refractivity contribution in [3.05, 3.63) is 35.9 Å². The maximum atomic E-state index is 2.48. The van der Waals surface area contributed by atoms with Crippen LogP contribution in [0.15, 0.2) is 30.3 Å². The summed E-state index contributed by atoms with van der Waals surface area (Å²) in [5.41, 5.74) is 1.83. The van der Waals surface area contributed by atoms with Gasteiger partial charge in [0.05, 0.1) is 0 Å². The first-order chi connectivity index (χ1) is 12.1. The van der Waals surface area contributed by atoms with E-state index in [9.17, 15) is 0 Å². The van der Waals surface area contributed by atoms with E-state index in [1.54, 1.807) is 0 Å². The molecule has 0 heteroatoms. The molecule has 0 amide bonds. The predicted molar refractivity (Wildman–Crippen MR) is 114 cm³/mol. The van der Waals surface area contributed by atoms with Crippen LogP contribution in [0.5, 0.6) is 0 Å². The van der Waals surface area contributed by atoms with Crippen LogP contribution in [0.4, 0.5) is 0 Å². The molecule has 0 N–H and O–H groups in total. The second-order valence-corrected chi connectivity index (χ2v) is 8.54. The Balaban J connectivity index is 2.51. The van der Waals surface area contributed by atoms with Gasteiger partial charge in [-0.05, 0) is 29.7 Å². The first-order valence-electron chi connectivity index (χ1n) is 11.2. The Hall–Kier alpha value is -0.780. The molecule has 0 aromatic heterocycles. The van der Waals surface area contributed by atoms with Gasteiger partial charge in [0.15, 0.2) is 0 Å². The minimum atomic E-state index is 0.301. The van der Waals surface area contributed by atoms with Crippen molar-refractivity contribution in [2.75, 3.05) is 0 Å². The Labute approximate surface area is 158 Å². The highest BCUT2D eigenvalue weighted by atomic mass is 14.3. The quantitative estimate of drug-likeness (QED) is 0.279. The number of hydrogen-bond donors (Lipinski definition) is 0. The molecule has 0 radical (unpaired) electrons. The van der Waals surface area contributed by atoms with Crippen LogP contribution in [-0.2, 0) is 5.41 Å². The minimum Gasteiger partial charge on any atom is -0.0654 e. The summed E-state index contributed by atoms with van der Waals surface area (Å²) in [7, 11) is 0. The molecule has 1 atom stereocenters. The van der Waals surface area contributed by atoms with Gasteiger partial charge in [-0.15, -0.1) is 0 Å². The van der Waals surface area contributed by atoms with E-state index in [2.05, 4.69) is 58.0 Å². The van der Waals surface area contributed by atoms with Gasteiger partial charge in [-0.25, -0.2) is 0 Å². The highest BCUT2D eigenvalue weighted by Crippen LogP contribution is 2.38. The summed E-state index contributed by atoms with van der Waals surface area (Å²) in [6, 6.07) is 11.2. The van der Waals surface area contributed by atoms with E-state index in [-0.39, 0.29) is 0 Å². The van der Waals surface area contributed by atoms with E-state index in [1.807, 2.05) is 0 Å². The molecule has 0 bridgehead atoms. The fraction of sp³-hybridized carbons (Fsp3) is 0.760. The molecule has 0 saturated carbocycles. The molecule has 144 valence electrons. The predicted octanol–water partition coefficient (Wildman–Crippen LogP) is 8.69. The number of benzene rings is 1. The van der Waals surface area contributed by atoms with Crippen LogP contribution >= 0.6 is 0 Å². The zero-order valence-electron chi connectivity index (χ0n) is 17.7. The van der Waals surface area contributed by atoms with Crippen molar-refractivity contribution in [1.29, 1.82) is 0 Å². The molecule has 25 heavy (non-hydrogen) atoms. The molecule has 0 aliphatic rings. The third-order valence-corrected chi connectivity index (χ3v) is 6.10. The summed E-state index contributed by atoms with van der Waals surface area (Å²) in [4.78, 5) is 0. The Morgan fingerprint density at radius 2 is 1.08 bits per heavy atom. The average Bonchev–Trinajstić information content (AvgIpc) is 2.63. The lowest BCUT2D eigenvalue weighted by Crippen LogP contribution is -2.29. The van der Waals surface area contributed by atoms with Gasteiger partial charge in [-0.3, -0.25) is 0 Å². The zero-order valence-corrected chi connectivity index (χ0v) is 17.7. The second-order valence-electron chi connectivity index (χ2n) is 8.54. The fourth-order valence-corrected chi connectivity index (χ4v) is 4.13. The molecule has 1 aromatic rings. The van der Waals surface area contributed by atoms with Crippen LogP contribution in [0.25, 0.3) is 0 Å². The summed E-state index contributed by atoms with van der Waals surface area (Å²) in [5, 5.41) is 0. The topological polar surface area (TPSA) is 0 Å². The second kappa shape index (κ2) is 13.4.